The van der Waals surface area contributed by atoms with Crippen LogP contribution < -0.4 is 0 Å². The first-order chi connectivity index (χ1) is 10.8. The summed E-state index contributed by atoms with van der Waals surface area (Å²) in [6.45, 7) is 2.39. The maximum absolute atomic E-state index is 12.6. The van der Waals surface area contributed by atoms with Gasteiger partial charge in [-0.25, -0.2) is 0 Å². The fourth-order valence-electron chi connectivity index (χ4n) is 2.68. The van der Waals surface area contributed by atoms with Crippen molar-refractivity contribution in [3.8, 4) is 11.1 Å². The molecule has 0 unspecified atom stereocenters. The van der Waals surface area contributed by atoms with Crippen molar-refractivity contribution in [1.29, 1.82) is 0 Å². The molecule has 1 saturated heterocycles. The van der Waals surface area contributed by atoms with Gasteiger partial charge in [-0.05, 0) is 23.3 Å². The Kier molecular flexibility index (Phi) is 4.19. The van der Waals surface area contributed by atoms with Gasteiger partial charge in [-0.3, -0.25) is 9.59 Å². The Morgan fingerprint density at radius 3 is 2.23 bits per heavy atom. The zero-order chi connectivity index (χ0) is 15.4. The Bertz CT molecular complexity index is 662. The number of hydrogen-bond acceptors (Lipinski definition) is 2. The summed E-state index contributed by atoms with van der Waals surface area (Å²) in [6.07, 6.45) is 0.845. The van der Waals surface area contributed by atoms with Crippen molar-refractivity contribution < 1.29 is 9.59 Å². The van der Waals surface area contributed by atoms with Gasteiger partial charge in [-0.2, -0.15) is 0 Å². The second-order valence-corrected chi connectivity index (χ2v) is 5.38. The van der Waals surface area contributed by atoms with Crippen molar-refractivity contribution >= 4 is 12.3 Å². The molecule has 4 nitrogen and oxygen atoms in total. The molecular formula is C18H18N2O2. The molecule has 0 saturated carbocycles. The molecule has 2 amide bonds. The fourth-order valence-corrected chi connectivity index (χ4v) is 2.68. The van der Waals surface area contributed by atoms with Gasteiger partial charge in [0, 0.05) is 31.7 Å². The molecular weight excluding hydrogens is 276 g/mol. The topological polar surface area (TPSA) is 40.6 Å². The molecule has 0 aliphatic carbocycles. The third-order valence-electron chi connectivity index (χ3n) is 3.97. The van der Waals surface area contributed by atoms with Crippen LogP contribution in [0.1, 0.15) is 10.4 Å². The molecule has 1 heterocycles. The van der Waals surface area contributed by atoms with Crippen LogP contribution in [0, 0.1) is 0 Å². The molecule has 2 aromatic carbocycles. The van der Waals surface area contributed by atoms with Gasteiger partial charge in [0.05, 0.1) is 0 Å². The third kappa shape index (κ3) is 3.01. The highest BCUT2D eigenvalue weighted by atomic mass is 16.2. The van der Waals surface area contributed by atoms with E-state index >= 15 is 0 Å². The van der Waals surface area contributed by atoms with E-state index in [-0.39, 0.29) is 5.91 Å². The number of piperazine rings is 1. The molecule has 0 spiro atoms. The minimum atomic E-state index is 0.0309. The Hall–Kier alpha value is -2.62. The molecule has 1 fully saturated rings. The highest BCUT2D eigenvalue weighted by Gasteiger charge is 2.21. The van der Waals surface area contributed by atoms with Crippen LogP contribution in [0.3, 0.4) is 0 Å². The number of amides is 2. The summed E-state index contributed by atoms with van der Waals surface area (Å²) in [6, 6.07) is 17.7. The first-order valence-corrected chi connectivity index (χ1v) is 7.42. The summed E-state index contributed by atoms with van der Waals surface area (Å²) >= 11 is 0. The Morgan fingerprint density at radius 2 is 1.55 bits per heavy atom. The van der Waals surface area contributed by atoms with E-state index < -0.39 is 0 Å². The average Bonchev–Trinajstić information content (AvgIpc) is 2.62. The van der Waals surface area contributed by atoms with E-state index in [9.17, 15) is 9.59 Å². The van der Waals surface area contributed by atoms with E-state index in [4.69, 9.17) is 0 Å². The van der Waals surface area contributed by atoms with Crippen molar-refractivity contribution in [2.45, 2.75) is 0 Å². The van der Waals surface area contributed by atoms with Crippen LogP contribution in [0.4, 0.5) is 0 Å². The lowest BCUT2D eigenvalue weighted by atomic mass is 10.0. The highest BCUT2D eigenvalue weighted by molar-refractivity contribution is 5.95. The van der Waals surface area contributed by atoms with Crippen molar-refractivity contribution in [1.82, 2.24) is 9.80 Å². The van der Waals surface area contributed by atoms with Gasteiger partial charge in [0.2, 0.25) is 6.41 Å². The SMILES string of the molecule is O=CN1CCN(C(=O)c2cccc(-c3ccccc3)c2)CC1. The lowest BCUT2D eigenvalue weighted by molar-refractivity contribution is -0.119. The monoisotopic (exact) mass is 294 g/mol. The van der Waals surface area contributed by atoms with Crippen LogP contribution in [0.25, 0.3) is 11.1 Å². The van der Waals surface area contributed by atoms with Crippen LogP contribution in [0.2, 0.25) is 0 Å². The Labute approximate surface area is 130 Å². The van der Waals surface area contributed by atoms with E-state index in [2.05, 4.69) is 0 Å². The van der Waals surface area contributed by atoms with E-state index in [1.165, 1.54) is 0 Å². The molecule has 1 aliphatic heterocycles. The maximum atomic E-state index is 12.6. The number of hydrogen-bond donors (Lipinski definition) is 0. The molecule has 3 rings (SSSR count). The van der Waals surface area contributed by atoms with E-state index in [1.807, 2.05) is 59.5 Å². The largest absolute Gasteiger partial charge is 0.342 e. The molecule has 2 aromatic rings. The van der Waals surface area contributed by atoms with Crippen LogP contribution in [-0.2, 0) is 4.79 Å². The average molecular weight is 294 g/mol. The summed E-state index contributed by atoms with van der Waals surface area (Å²) in [5.41, 5.74) is 2.84. The fraction of sp³-hybridized carbons (Fsp3) is 0.222. The summed E-state index contributed by atoms with van der Waals surface area (Å²) in [5.74, 6) is 0.0309. The summed E-state index contributed by atoms with van der Waals surface area (Å²) < 4.78 is 0. The lowest BCUT2D eigenvalue weighted by Gasteiger charge is -2.32. The van der Waals surface area contributed by atoms with Gasteiger partial charge in [-0.1, -0.05) is 42.5 Å². The molecule has 0 aromatic heterocycles. The third-order valence-corrected chi connectivity index (χ3v) is 3.97. The molecule has 22 heavy (non-hydrogen) atoms. The molecule has 0 N–H and O–H groups in total. The van der Waals surface area contributed by atoms with Crippen molar-refractivity contribution in [2.24, 2.45) is 0 Å². The highest BCUT2D eigenvalue weighted by Crippen LogP contribution is 2.21. The quantitative estimate of drug-likeness (QED) is 0.815. The molecule has 1 aliphatic rings. The van der Waals surface area contributed by atoms with Gasteiger partial charge in [0.1, 0.15) is 0 Å². The Morgan fingerprint density at radius 1 is 0.864 bits per heavy atom. The van der Waals surface area contributed by atoms with Crippen molar-refractivity contribution in [3.05, 3.63) is 60.2 Å². The van der Waals surface area contributed by atoms with E-state index in [0.29, 0.717) is 31.7 Å². The summed E-state index contributed by atoms with van der Waals surface area (Å²) in [4.78, 5) is 26.8. The summed E-state index contributed by atoms with van der Waals surface area (Å²) in [7, 11) is 0. The molecule has 0 radical (unpaired) electrons. The Balaban J connectivity index is 1.78. The summed E-state index contributed by atoms with van der Waals surface area (Å²) in [5, 5.41) is 0. The van der Waals surface area contributed by atoms with Gasteiger partial charge in [0.25, 0.3) is 5.91 Å². The van der Waals surface area contributed by atoms with Crippen LogP contribution in [-0.4, -0.2) is 48.3 Å². The van der Waals surface area contributed by atoms with Crippen molar-refractivity contribution in [2.75, 3.05) is 26.2 Å². The molecule has 0 bridgehead atoms. The molecule has 4 heteroatoms. The predicted molar refractivity (Wildman–Crippen MR) is 85.4 cm³/mol. The lowest BCUT2D eigenvalue weighted by Crippen LogP contribution is -2.48. The van der Waals surface area contributed by atoms with Gasteiger partial charge in [0.15, 0.2) is 0 Å². The first kappa shape index (κ1) is 14.3. The van der Waals surface area contributed by atoms with Crippen molar-refractivity contribution in [3.63, 3.8) is 0 Å². The molecule has 112 valence electrons. The zero-order valence-corrected chi connectivity index (χ0v) is 12.3. The van der Waals surface area contributed by atoms with Crippen LogP contribution >= 0.6 is 0 Å². The van der Waals surface area contributed by atoms with E-state index in [1.54, 1.807) is 4.90 Å². The first-order valence-electron chi connectivity index (χ1n) is 7.42. The second kappa shape index (κ2) is 6.43. The second-order valence-electron chi connectivity index (χ2n) is 5.38. The predicted octanol–water partition coefficient (Wildman–Crippen LogP) is 2.27. The number of carbonyl (C=O) groups excluding carboxylic acids is 2. The van der Waals surface area contributed by atoms with Gasteiger partial charge in [-0.15, -0.1) is 0 Å². The van der Waals surface area contributed by atoms with E-state index in [0.717, 1.165) is 17.5 Å². The number of benzene rings is 2. The minimum absolute atomic E-state index is 0.0309. The van der Waals surface area contributed by atoms with Crippen LogP contribution in [0.15, 0.2) is 54.6 Å². The van der Waals surface area contributed by atoms with Gasteiger partial charge < -0.3 is 9.80 Å². The standard InChI is InChI=1S/C18H18N2O2/c21-14-19-9-11-20(12-10-19)18(22)17-8-4-7-16(13-17)15-5-2-1-3-6-15/h1-8,13-14H,9-12H2. The number of carbonyl (C=O) groups is 2. The number of rotatable bonds is 3. The van der Waals surface area contributed by atoms with Gasteiger partial charge >= 0.3 is 0 Å². The minimum Gasteiger partial charge on any atom is -0.342 e. The molecule has 0 atom stereocenters. The maximum Gasteiger partial charge on any atom is 0.253 e. The number of nitrogens with zero attached hydrogens (tertiary/aromatic N) is 2. The zero-order valence-electron chi connectivity index (χ0n) is 12.3. The smallest absolute Gasteiger partial charge is 0.253 e. The normalized spacial score (nSPS) is 14.7. The van der Waals surface area contributed by atoms with Crippen LogP contribution in [0.5, 0.6) is 0 Å².